The Bertz CT molecular complexity index is 551. The summed E-state index contributed by atoms with van der Waals surface area (Å²) in [5, 5.41) is 6.22. The van der Waals surface area contributed by atoms with E-state index in [9.17, 15) is 4.79 Å². The van der Waals surface area contributed by atoms with Crippen molar-refractivity contribution < 1.29 is 18.8 Å². The van der Waals surface area contributed by atoms with Crippen LogP contribution in [0.15, 0.2) is 35.1 Å². The van der Waals surface area contributed by atoms with Crippen LogP contribution in [0.2, 0.25) is 0 Å². The predicted molar refractivity (Wildman–Crippen MR) is 57.0 cm³/mol. The van der Waals surface area contributed by atoms with Crippen LogP contribution in [-0.2, 0) is 0 Å². The largest absolute Gasteiger partial charge is 0.454 e. The van der Waals surface area contributed by atoms with Crippen LogP contribution in [0.1, 0.15) is 10.5 Å². The molecule has 1 aromatic carbocycles. The van der Waals surface area contributed by atoms with Gasteiger partial charge in [-0.2, -0.15) is 0 Å². The van der Waals surface area contributed by atoms with E-state index in [4.69, 9.17) is 9.47 Å². The summed E-state index contributed by atoms with van der Waals surface area (Å²) in [5.74, 6) is 0.949. The molecule has 17 heavy (non-hydrogen) atoms. The van der Waals surface area contributed by atoms with Crippen LogP contribution in [0.25, 0.3) is 0 Å². The molecule has 0 aliphatic carbocycles. The van der Waals surface area contributed by atoms with Crippen LogP contribution < -0.4 is 14.8 Å². The number of rotatable bonds is 2. The normalized spacial score (nSPS) is 12.5. The highest BCUT2D eigenvalue weighted by Crippen LogP contribution is 2.34. The first-order chi connectivity index (χ1) is 8.33. The van der Waals surface area contributed by atoms with E-state index in [0.717, 1.165) is 0 Å². The fourth-order valence-electron chi connectivity index (χ4n) is 1.50. The van der Waals surface area contributed by atoms with Crippen molar-refractivity contribution in [3.05, 3.63) is 36.2 Å². The van der Waals surface area contributed by atoms with Crippen molar-refractivity contribution in [2.45, 2.75) is 0 Å². The van der Waals surface area contributed by atoms with Crippen LogP contribution >= 0.6 is 0 Å². The molecule has 6 heteroatoms. The number of benzene rings is 1. The third kappa shape index (κ3) is 1.80. The predicted octanol–water partition coefficient (Wildman–Crippen LogP) is 1.66. The fraction of sp³-hybridized carbons (Fsp3) is 0.0909. The highest BCUT2D eigenvalue weighted by Gasteiger charge is 2.15. The Morgan fingerprint density at radius 3 is 2.94 bits per heavy atom. The first-order valence-electron chi connectivity index (χ1n) is 4.94. The summed E-state index contributed by atoms with van der Waals surface area (Å²) in [6, 6.07) is 6.65. The molecule has 0 saturated carbocycles. The molecule has 2 heterocycles. The topological polar surface area (TPSA) is 73.6 Å². The molecule has 1 N–H and O–H groups in total. The van der Waals surface area contributed by atoms with E-state index in [1.165, 1.54) is 12.3 Å². The Labute approximate surface area is 96.1 Å². The summed E-state index contributed by atoms with van der Waals surface area (Å²) in [7, 11) is 0. The third-order valence-corrected chi connectivity index (χ3v) is 2.30. The number of fused-ring (bicyclic) bond motifs is 1. The minimum absolute atomic E-state index is 0.204. The van der Waals surface area contributed by atoms with E-state index in [2.05, 4.69) is 15.0 Å². The van der Waals surface area contributed by atoms with Crippen molar-refractivity contribution in [2.75, 3.05) is 12.1 Å². The molecule has 0 fully saturated rings. The van der Waals surface area contributed by atoms with Gasteiger partial charge < -0.3 is 19.3 Å². The van der Waals surface area contributed by atoms with Gasteiger partial charge in [-0.25, -0.2) is 0 Å². The maximum Gasteiger partial charge on any atom is 0.277 e. The Hall–Kier alpha value is -2.50. The summed E-state index contributed by atoms with van der Waals surface area (Å²) in [6.45, 7) is 0.204. The SMILES string of the molecule is O=C(Nc1ccc2c(c1)OCO2)c1ccon1. The molecule has 0 atom stereocenters. The molecule has 2 aromatic rings. The fourth-order valence-corrected chi connectivity index (χ4v) is 1.50. The van der Waals surface area contributed by atoms with E-state index in [0.29, 0.717) is 17.2 Å². The van der Waals surface area contributed by atoms with Gasteiger partial charge >= 0.3 is 0 Å². The van der Waals surface area contributed by atoms with Crippen molar-refractivity contribution in [3.63, 3.8) is 0 Å². The molecule has 0 unspecified atom stereocenters. The van der Waals surface area contributed by atoms with E-state index < -0.39 is 0 Å². The highest BCUT2D eigenvalue weighted by atomic mass is 16.7. The monoisotopic (exact) mass is 232 g/mol. The number of anilines is 1. The lowest BCUT2D eigenvalue weighted by Gasteiger charge is -2.03. The number of nitrogens with one attached hydrogen (secondary N) is 1. The first-order valence-corrected chi connectivity index (χ1v) is 4.94. The van der Waals surface area contributed by atoms with Gasteiger partial charge in [0.25, 0.3) is 5.91 Å². The van der Waals surface area contributed by atoms with Gasteiger partial charge in [0.1, 0.15) is 6.26 Å². The van der Waals surface area contributed by atoms with E-state index >= 15 is 0 Å². The average molecular weight is 232 g/mol. The second kappa shape index (κ2) is 3.82. The molecule has 1 aromatic heterocycles. The van der Waals surface area contributed by atoms with Gasteiger partial charge in [-0.05, 0) is 12.1 Å². The molecule has 0 saturated heterocycles. The van der Waals surface area contributed by atoms with Crippen LogP contribution in [0.5, 0.6) is 11.5 Å². The molecular formula is C11H8N2O4. The lowest BCUT2D eigenvalue weighted by Crippen LogP contribution is -2.11. The molecule has 6 nitrogen and oxygen atoms in total. The van der Waals surface area contributed by atoms with Crippen LogP contribution in [0.3, 0.4) is 0 Å². The Balaban J connectivity index is 1.80. The van der Waals surface area contributed by atoms with Crippen LogP contribution in [-0.4, -0.2) is 17.9 Å². The van der Waals surface area contributed by atoms with Crippen molar-refractivity contribution in [3.8, 4) is 11.5 Å². The number of hydrogen-bond acceptors (Lipinski definition) is 5. The van der Waals surface area contributed by atoms with Gasteiger partial charge in [-0.15, -0.1) is 0 Å². The van der Waals surface area contributed by atoms with Crippen LogP contribution in [0, 0.1) is 0 Å². The first kappa shape index (κ1) is 9.71. The van der Waals surface area contributed by atoms with Gasteiger partial charge in [-0.3, -0.25) is 4.79 Å². The van der Waals surface area contributed by atoms with Gasteiger partial charge in [0.05, 0.1) is 0 Å². The van der Waals surface area contributed by atoms with Crippen molar-refractivity contribution in [1.29, 1.82) is 0 Å². The second-order valence-corrected chi connectivity index (χ2v) is 3.41. The smallest absolute Gasteiger partial charge is 0.277 e. The number of carbonyl (C=O) groups excluding carboxylic acids is 1. The number of ether oxygens (including phenoxy) is 2. The van der Waals surface area contributed by atoms with Gasteiger partial charge in [0.2, 0.25) is 6.79 Å². The quantitative estimate of drug-likeness (QED) is 0.852. The van der Waals surface area contributed by atoms with Gasteiger partial charge in [0.15, 0.2) is 17.2 Å². The molecule has 0 bridgehead atoms. The number of aromatic nitrogens is 1. The molecule has 1 amide bonds. The molecule has 1 aliphatic heterocycles. The molecule has 0 radical (unpaired) electrons. The third-order valence-electron chi connectivity index (χ3n) is 2.30. The van der Waals surface area contributed by atoms with Crippen LogP contribution in [0.4, 0.5) is 5.69 Å². The molecule has 86 valence electrons. The number of nitrogens with zero attached hydrogens (tertiary/aromatic N) is 1. The summed E-state index contributed by atoms with van der Waals surface area (Å²) in [5.41, 5.74) is 0.838. The number of hydrogen-bond donors (Lipinski definition) is 1. The van der Waals surface area contributed by atoms with Gasteiger partial charge in [0, 0.05) is 17.8 Å². The van der Waals surface area contributed by atoms with Crippen molar-refractivity contribution in [1.82, 2.24) is 5.16 Å². The molecule has 3 rings (SSSR count). The number of amides is 1. The second-order valence-electron chi connectivity index (χ2n) is 3.41. The summed E-state index contributed by atoms with van der Waals surface area (Å²) in [4.78, 5) is 11.7. The van der Waals surface area contributed by atoms with E-state index in [1.54, 1.807) is 18.2 Å². The lowest BCUT2D eigenvalue weighted by atomic mass is 10.2. The zero-order valence-corrected chi connectivity index (χ0v) is 8.67. The zero-order valence-electron chi connectivity index (χ0n) is 8.67. The Kier molecular flexibility index (Phi) is 2.18. The minimum atomic E-state index is -0.336. The lowest BCUT2D eigenvalue weighted by molar-refractivity contribution is 0.101. The Morgan fingerprint density at radius 2 is 2.12 bits per heavy atom. The maximum absolute atomic E-state index is 11.7. The van der Waals surface area contributed by atoms with E-state index in [1.807, 2.05) is 0 Å². The summed E-state index contributed by atoms with van der Waals surface area (Å²) >= 11 is 0. The highest BCUT2D eigenvalue weighted by molar-refractivity contribution is 6.02. The summed E-state index contributed by atoms with van der Waals surface area (Å²) in [6.07, 6.45) is 1.34. The molecule has 0 spiro atoms. The Morgan fingerprint density at radius 1 is 1.24 bits per heavy atom. The zero-order chi connectivity index (χ0) is 11.7. The summed E-state index contributed by atoms with van der Waals surface area (Å²) < 4.78 is 15.0. The molecular weight excluding hydrogens is 224 g/mol. The minimum Gasteiger partial charge on any atom is -0.454 e. The van der Waals surface area contributed by atoms with E-state index in [-0.39, 0.29) is 18.4 Å². The van der Waals surface area contributed by atoms with Crippen molar-refractivity contribution >= 4 is 11.6 Å². The maximum atomic E-state index is 11.7. The molecule has 1 aliphatic rings. The van der Waals surface area contributed by atoms with Gasteiger partial charge in [-0.1, -0.05) is 5.16 Å². The number of carbonyl (C=O) groups is 1. The van der Waals surface area contributed by atoms with Crippen molar-refractivity contribution in [2.24, 2.45) is 0 Å². The standard InChI is InChI=1S/C11H8N2O4/c14-11(8-3-4-17-13-8)12-7-1-2-9-10(5-7)16-6-15-9/h1-5H,6H2,(H,12,14). The average Bonchev–Trinajstić information content (AvgIpc) is 2.99.